The Hall–Kier alpha value is -1.82. The Kier molecular flexibility index (Phi) is 9.89. The molecule has 1 fully saturated rings. The second-order valence-corrected chi connectivity index (χ2v) is 7.71. The molecular formula is C22H29F2O5P. The Morgan fingerprint density at radius 1 is 1.27 bits per heavy atom. The van der Waals surface area contributed by atoms with Crippen molar-refractivity contribution in [3.63, 3.8) is 0 Å². The largest absolute Gasteiger partial charge is 0.487 e. The van der Waals surface area contributed by atoms with Crippen LogP contribution in [0.15, 0.2) is 54.6 Å². The minimum atomic E-state index is -3.16. The van der Waals surface area contributed by atoms with Crippen molar-refractivity contribution in [2.24, 2.45) is 11.8 Å². The average Bonchev–Trinajstić information content (AvgIpc) is 3.03. The monoisotopic (exact) mass is 442 g/mol. The minimum Gasteiger partial charge on any atom is -0.487 e. The molecule has 2 rings (SSSR count). The van der Waals surface area contributed by atoms with Crippen LogP contribution in [0.1, 0.15) is 32.1 Å². The first-order valence-corrected chi connectivity index (χ1v) is 10.4. The number of rotatable bonds is 12. The Bertz CT molecular complexity index is 711. The number of carboxylic acids is 1. The van der Waals surface area contributed by atoms with Crippen LogP contribution in [0.2, 0.25) is 0 Å². The summed E-state index contributed by atoms with van der Waals surface area (Å²) in [6.45, 7) is -0.774. The SMILES string of the molecule is O=C(O)CCCC=CC[C@@H]1[C@@H](/C=C/C(F)(F)COc2ccccc2)[C@H](OP)C[C@@H]1O. The first-order chi connectivity index (χ1) is 14.3. The van der Waals surface area contributed by atoms with Crippen LogP contribution in [0.5, 0.6) is 5.75 Å². The molecule has 166 valence electrons. The summed E-state index contributed by atoms with van der Waals surface area (Å²) in [5.41, 5.74) is 0. The lowest BCUT2D eigenvalue weighted by molar-refractivity contribution is -0.137. The fraction of sp³-hybridized carbons (Fsp3) is 0.500. The summed E-state index contributed by atoms with van der Waals surface area (Å²) in [4.78, 5) is 10.5. The van der Waals surface area contributed by atoms with E-state index in [-0.39, 0.29) is 24.4 Å². The number of alkyl halides is 2. The van der Waals surface area contributed by atoms with Crippen molar-refractivity contribution >= 4 is 15.4 Å². The van der Waals surface area contributed by atoms with Gasteiger partial charge >= 0.3 is 5.97 Å². The normalized spacial score (nSPS) is 24.7. The number of halogens is 2. The number of allylic oxidation sites excluding steroid dienone is 2. The molecule has 30 heavy (non-hydrogen) atoms. The smallest absolute Gasteiger partial charge is 0.303 e. The minimum absolute atomic E-state index is 0.102. The summed E-state index contributed by atoms with van der Waals surface area (Å²) in [6, 6.07) is 8.43. The van der Waals surface area contributed by atoms with Crippen molar-refractivity contribution in [1.29, 1.82) is 0 Å². The Morgan fingerprint density at radius 3 is 2.67 bits per heavy atom. The zero-order chi connectivity index (χ0) is 22.0. The highest BCUT2D eigenvalue weighted by atomic mass is 31.0. The molecule has 0 bridgehead atoms. The van der Waals surface area contributed by atoms with Crippen molar-refractivity contribution in [2.45, 2.75) is 50.2 Å². The molecule has 5 atom stereocenters. The van der Waals surface area contributed by atoms with Gasteiger partial charge in [-0.25, -0.2) is 0 Å². The number of benzene rings is 1. The summed E-state index contributed by atoms with van der Waals surface area (Å²) < 4.78 is 39.1. The van der Waals surface area contributed by atoms with E-state index >= 15 is 0 Å². The molecule has 0 aromatic heterocycles. The quantitative estimate of drug-likeness (QED) is 0.280. The van der Waals surface area contributed by atoms with Gasteiger partial charge in [-0.3, -0.25) is 4.79 Å². The topological polar surface area (TPSA) is 76.0 Å². The summed E-state index contributed by atoms with van der Waals surface area (Å²) in [7, 11) is 2.15. The van der Waals surface area contributed by atoms with Crippen molar-refractivity contribution in [2.75, 3.05) is 6.61 Å². The molecule has 0 heterocycles. The van der Waals surface area contributed by atoms with E-state index in [0.29, 0.717) is 31.4 Å². The highest BCUT2D eigenvalue weighted by Gasteiger charge is 2.41. The molecule has 1 unspecified atom stereocenters. The molecule has 0 aliphatic heterocycles. The molecule has 1 aliphatic rings. The van der Waals surface area contributed by atoms with Gasteiger partial charge in [-0.1, -0.05) is 36.4 Å². The first kappa shape index (κ1) is 24.4. The fourth-order valence-electron chi connectivity index (χ4n) is 3.57. The van der Waals surface area contributed by atoms with E-state index in [1.807, 2.05) is 12.2 Å². The fourth-order valence-corrected chi connectivity index (χ4v) is 3.86. The molecule has 1 saturated carbocycles. The molecule has 1 aromatic carbocycles. The van der Waals surface area contributed by atoms with Crippen molar-refractivity contribution in [1.82, 2.24) is 0 Å². The second kappa shape index (κ2) is 12.1. The Balaban J connectivity index is 1.94. The van der Waals surface area contributed by atoms with E-state index in [2.05, 4.69) is 9.47 Å². The van der Waals surface area contributed by atoms with Gasteiger partial charge in [0.15, 0.2) is 6.61 Å². The third-order valence-corrected chi connectivity index (χ3v) is 5.49. The predicted molar refractivity (Wildman–Crippen MR) is 113 cm³/mol. The molecule has 1 aliphatic carbocycles. The zero-order valence-electron chi connectivity index (χ0n) is 16.7. The van der Waals surface area contributed by atoms with Gasteiger partial charge in [-0.15, -0.1) is 0 Å². The molecule has 2 N–H and O–H groups in total. The van der Waals surface area contributed by atoms with Crippen molar-refractivity contribution in [3.05, 3.63) is 54.6 Å². The number of carboxylic acid groups (broad SMARTS) is 1. The maximum Gasteiger partial charge on any atom is 0.303 e. The van der Waals surface area contributed by atoms with Gasteiger partial charge in [0.25, 0.3) is 5.92 Å². The summed E-state index contributed by atoms with van der Waals surface area (Å²) in [6.07, 6.45) is 7.07. The van der Waals surface area contributed by atoms with Gasteiger partial charge in [0, 0.05) is 28.2 Å². The molecule has 1 aromatic rings. The highest BCUT2D eigenvalue weighted by molar-refractivity contribution is 7.09. The molecule has 8 heteroatoms. The number of para-hydroxylation sites is 1. The van der Waals surface area contributed by atoms with Gasteiger partial charge in [-0.05, 0) is 43.4 Å². The maximum absolute atomic E-state index is 14.3. The lowest BCUT2D eigenvalue weighted by Crippen LogP contribution is -2.25. The molecular weight excluding hydrogens is 413 g/mol. The summed E-state index contributed by atoms with van der Waals surface area (Å²) >= 11 is 0. The lowest BCUT2D eigenvalue weighted by atomic mass is 9.89. The number of ether oxygens (including phenoxy) is 1. The van der Waals surface area contributed by atoms with Crippen molar-refractivity contribution < 1.29 is 33.0 Å². The first-order valence-electron chi connectivity index (χ1n) is 9.98. The van der Waals surface area contributed by atoms with Crippen LogP contribution in [-0.2, 0) is 9.32 Å². The van der Waals surface area contributed by atoms with E-state index in [1.165, 1.54) is 6.08 Å². The number of hydrogen-bond acceptors (Lipinski definition) is 4. The number of unbranched alkanes of at least 4 members (excludes halogenated alkanes) is 1. The van der Waals surface area contributed by atoms with Gasteiger partial charge in [0.05, 0.1) is 12.2 Å². The number of hydrogen-bond donors (Lipinski definition) is 2. The highest BCUT2D eigenvalue weighted by Crippen LogP contribution is 2.39. The van der Waals surface area contributed by atoms with Gasteiger partial charge in [0.1, 0.15) is 5.75 Å². The number of aliphatic carboxylic acids is 1. The lowest BCUT2D eigenvalue weighted by Gasteiger charge is -2.22. The number of aliphatic hydroxyl groups excluding tert-OH is 1. The van der Waals surface area contributed by atoms with Gasteiger partial charge in [0.2, 0.25) is 0 Å². The van der Waals surface area contributed by atoms with Crippen LogP contribution >= 0.6 is 9.47 Å². The molecule has 0 radical (unpaired) electrons. The predicted octanol–water partition coefficient (Wildman–Crippen LogP) is 4.63. The van der Waals surface area contributed by atoms with E-state index < -0.39 is 24.6 Å². The third-order valence-electron chi connectivity index (χ3n) is 5.14. The van der Waals surface area contributed by atoms with Crippen LogP contribution in [0, 0.1) is 11.8 Å². The molecule has 5 nitrogen and oxygen atoms in total. The van der Waals surface area contributed by atoms with Crippen LogP contribution in [0.4, 0.5) is 8.78 Å². The Labute approximate surface area is 178 Å². The summed E-state index contributed by atoms with van der Waals surface area (Å²) in [5.74, 6) is -4.25. The Morgan fingerprint density at radius 2 is 2.00 bits per heavy atom. The van der Waals surface area contributed by atoms with E-state index in [4.69, 9.17) is 14.4 Å². The zero-order valence-corrected chi connectivity index (χ0v) is 17.9. The maximum atomic E-state index is 14.3. The van der Waals surface area contributed by atoms with Crippen molar-refractivity contribution in [3.8, 4) is 5.75 Å². The van der Waals surface area contributed by atoms with Crippen LogP contribution in [0.25, 0.3) is 0 Å². The number of aliphatic hydroxyl groups is 1. The van der Waals surface area contributed by atoms with Crippen LogP contribution < -0.4 is 4.74 Å². The third kappa shape index (κ3) is 8.13. The van der Waals surface area contributed by atoms with Crippen LogP contribution in [0.3, 0.4) is 0 Å². The van der Waals surface area contributed by atoms with E-state index in [0.717, 1.165) is 6.08 Å². The van der Waals surface area contributed by atoms with Crippen LogP contribution in [-0.4, -0.2) is 40.9 Å². The van der Waals surface area contributed by atoms with Gasteiger partial charge in [-0.2, -0.15) is 8.78 Å². The van der Waals surface area contributed by atoms with E-state index in [1.54, 1.807) is 30.3 Å². The summed E-state index contributed by atoms with van der Waals surface area (Å²) in [5, 5.41) is 19.0. The standard InChI is InChI=1S/C22H29F2O5P/c23-22(24,15-28-16-8-4-3-5-9-16)13-12-18-17(19(25)14-20(18)29-30)10-6-1-2-7-11-21(26)27/h1,3-6,8-9,12-13,17-20,25H,2,7,10-11,14-15,30H2,(H,26,27)/b6-1?,13-12+/t17-,18-,19+,20-/m1/s1. The second-order valence-electron chi connectivity index (χ2n) is 7.43. The molecule has 0 spiro atoms. The van der Waals surface area contributed by atoms with Gasteiger partial charge < -0.3 is 19.5 Å². The number of carbonyl (C=O) groups is 1. The van der Waals surface area contributed by atoms with E-state index in [9.17, 15) is 18.7 Å². The average molecular weight is 442 g/mol. The molecule has 0 saturated heterocycles. The molecule has 0 amide bonds.